The molecule has 21 heavy (non-hydrogen) atoms. The van der Waals surface area contributed by atoms with Gasteiger partial charge in [-0.05, 0) is 52.8 Å². The molecule has 0 heterocycles. The van der Waals surface area contributed by atoms with Crippen LogP contribution < -0.4 is 5.32 Å². The molecule has 0 fully saturated rings. The predicted octanol–water partition coefficient (Wildman–Crippen LogP) is 4.54. The lowest BCUT2D eigenvalue weighted by Gasteiger charge is -2.39. The Morgan fingerprint density at radius 2 is 1.71 bits per heavy atom. The molecule has 0 radical (unpaired) electrons. The molecule has 1 aromatic carbocycles. The van der Waals surface area contributed by atoms with E-state index in [2.05, 4.69) is 76.1 Å². The van der Waals surface area contributed by atoms with Crippen molar-refractivity contribution in [3.8, 4) is 0 Å². The summed E-state index contributed by atoms with van der Waals surface area (Å²) in [6, 6.07) is 10.5. The van der Waals surface area contributed by atoms with E-state index in [1.165, 1.54) is 36.9 Å². The van der Waals surface area contributed by atoms with Crippen LogP contribution in [0.15, 0.2) is 24.3 Å². The molecule has 2 heteroatoms. The molecule has 0 bridgehead atoms. The first-order valence-corrected chi connectivity index (χ1v) is 8.54. The van der Waals surface area contributed by atoms with Crippen molar-refractivity contribution in [3.63, 3.8) is 0 Å². The van der Waals surface area contributed by atoms with Crippen LogP contribution in [0, 0.1) is 6.92 Å². The Kier molecular flexibility index (Phi) is 7.98. The summed E-state index contributed by atoms with van der Waals surface area (Å²) >= 11 is 0. The van der Waals surface area contributed by atoms with Crippen molar-refractivity contribution in [2.45, 2.75) is 72.0 Å². The van der Waals surface area contributed by atoms with E-state index in [4.69, 9.17) is 0 Å². The molecule has 0 amide bonds. The highest BCUT2D eigenvalue weighted by Gasteiger charge is 2.26. The summed E-state index contributed by atoms with van der Waals surface area (Å²) in [7, 11) is 2.08. The molecule has 1 rings (SSSR count). The Labute approximate surface area is 131 Å². The minimum absolute atomic E-state index is 0.386. The van der Waals surface area contributed by atoms with Crippen LogP contribution in [-0.4, -0.2) is 30.6 Å². The van der Waals surface area contributed by atoms with E-state index in [0.29, 0.717) is 18.1 Å². The minimum atomic E-state index is 0.386. The first kappa shape index (κ1) is 18.2. The van der Waals surface area contributed by atoms with Crippen LogP contribution in [0.5, 0.6) is 0 Å². The molecular formula is C19H34N2. The molecule has 0 saturated carbocycles. The summed E-state index contributed by atoms with van der Waals surface area (Å²) in [5.41, 5.74) is 2.71. The van der Waals surface area contributed by atoms with Gasteiger partial charge in [-0.25, -0.2) is 0 Å². The van der Waals surface area contributed by atoms with E-state index in [-0.39, 0.29) is 0 Å². The van der Waals surface area contributed by atoms with Crippen molar-refractivity contribution in [1.29, 1.82) is 0 Å². The third-order valence-electron chi connectivity index (χ3n) is 4.68. The normalized spacial score (nSPS) is 16.0. The first-order valence-electron chi connectivity index (χ1n) is 8.54. The summed E-state index contributed by atoms with van der Waals surface area (Å²) in [5, 5.41) is 3.53. The van der Waals surface area contributed by atoms with Crippen LogP contribution in [0.1, 0.15) is 64.1 Å². The van der Waals surface area contributed by atoms with E-state index in [0.717, 1.165) is 0 Å². The van der Waals surface area contributed by atoms with Crippen LogP contribution in [0.3, 0.4) is 0 Å². The van der Waals surface area contributed by atoms with Crippen molar-refractivity contribution >= 4 is 0 Å². The van der Waals surface area contributed by atoms with E-state index < -0.39 is 0 Å². The van der Waals surface area contributed by atoms with E-state index in [1.807, 2.05) is 0 Å². The SMILES string of the molecule is CCCCN(C(C)CC)C(C)C(NC)c1ccc(C)cc1. The Morgan fingerprint density at radius 3 is 2.19 bits per heavy atom. The number of benzene rings is 1. The Balaban J connectivity index is 2.91. The van der Waals surface area contributed by atoms with Crippen LogP contribution in [0.4, 0.5) is 0 Å². The standard InChI is InChI=1S/C19H34N2/c1-7-9-14-21(16(4)8-2)17(5)19(20-6)18-12-10-15(3)11-13-18/h10-13,16-17,19-20H,7-9,14H2,1-6H3. The van der Waals surface area contributed by atoms with Gasteiger partial charge in [0.25, 0.3) is 0 Å². The second-order valence-electron chi connectivity index (χ2n) is 6.27. The van der Waals surface area contributed by atoms with Gasteiger partial charge >= 0.3 is 0 Å². The van der Waals surface area contributed by atoms with Gasteiger partial charge in [-0.3, -0.25) is 4.90 Å². The summed E-state index contributed by atoms with van der Waals surface area (Å²) in [6.07, 6.45) is 3.74. The van der Waals surface area contributed by atoms with Crippen molar-refractivity contribution in [2.75, 3.05) is 13.6 Å². The number of nitrogens with zero attached hydrogens (tertiary/aromatic N) is 1. The van der Waals surface area contributed by atoms with Crippen LogP contribution >= 0.6 is 0 Å². The highest BCUT2D eigenvalue weighted by Crippen LogP contribution is 2.24. The molecule has 3 unspecified atom stereocenters. The van der Waals surface area contributed by atoms with Crippen LogP contribution in [-0.2, 0) is 0 Å². The minimum Gasteiger partial charge on any atom is -0.312 e. The molecule has 0 aliphatic heterocycles. The third kappa shape index (κ3) is 5.12. The lowest BCUT2D eigenvalue weighted by atomic mass is 9.96. The number of nitrogens with one attached hydrogen (secondary N) is 1. The number of likely N-dealkylation sites (N-methyl/N-ethyl adjacent to an activating group) is 1. The van der Waals surface area contributed by atoms with Gasteiger partial charge in [0.15, 0.2) is 0 Å². The lowest BCUT2D eigenvalue weighted by molar-refractivity contribution is 0.120. The molecule has 0 aliphatic rings. The maximum absolute atomic E-state index is 3.53. The number of hydrogen-bond acceptors (Lipinski definition) is 2. The topological polar surface area (TPSA) is 15.3 Å². The van der Waals surface area contributed by atoms with Gasteiger partial charge in [0, 0.05) is 18.1 Å². The summed E-state index contributed by atoms with van der Waals surface area (Å²) in [4.78, 5) is 2.67. The molecule has 1 N–H and O–H groups in total. The molecule has 0 aliphatic carbocycles. The number of unbranched alkanes of at least 4 members (excludes halogenated alkanes) is 1. The maximum atomic E-state index is 3.53. The lowest BCUT2D eigenvalue weighted by Crippen LogP contribution is -2.46. The van der Waals surface area contributed by atoms with Gasteiger partial charge in [0.2, 0.25) is 0 Å². The fourth-order valence-electron chi connectivity index (χ4n) is 3.05. The van der Waals surface area contributed by atoms with E-state index >= 15 is 0 Å². The first-order chi connectivity index (χ1) is 10.0. The monoisotopic (exact) mass is 290 g/mol. The molecule has 3 atom stereocenters. The average Bonchev–Trinajstić information content (AvgIpc) is 2.50. The maximum Gasteiger partial charge on any atom is 0.0473 e. The van der Waals surface area contributed by atoms with Crippen molar-refractivity contribution in [1.82, 2.24) is 10.2 Å². The van der Waals surface area contributed by atoms with Gasteiger partial charge in [-0.2, -0.15) is 0 Å². The third-order valence-corrected chi connectivity index (χ3v) is 4.68. The fraction of sp³-hybridized carbons (Fsp3) is 0.684. The zero-order chi connectivity index (χ0) is 15.8. The van der Waals surface area contributed by atoms with Gasteiger partial charge in [-0.15, -0.1) is 0 Å². The molecule has 1 aromatic rings. The highest BCUT2D eigenvalue weighted by atomic mass is 15.2. The summed E-state index contributed by atoms with van der Waals surface area (Å²) in [6.45, 7) is 12.6. The van der Waals surface area contributed by atoms with Crippen molar-refractivity contribution in [3.05, 3.63) is 35.4 Å². The smallest absolute Gasteiger partial charge is 0.0473 e. The van der Waals surface area contributed by atoms with E-state index in [9.17, 15) is 0 Å². The van der Waals surface area contributed by atoms with Crippen molar-refractivity contribution < 1.29 is 0 Å². The molecule has 120 valence electrons. The Bertz CT molecular complexity index is 385. The zero-order valence-electron chi connectivity index (χ0n) is 14.8. The highest BCUT2D eigenvalue weighted by molar-refractivity contribution is 5.25. The number of hydrogen-bond donors (Lipinski definition) is 1. The molecular weight excluding hydrogens is 256 g/mol. The van der Waals surface area contributed by atoms with Gasteiger partial charge in [0.1, 0.15) is 0 Å². The van der Waals surface area contributed by atoms with Gasteiger partial charge < -0.3 is 5.32 Å². The molecule has 0 aromatic heterocycles. The van der Waals surface area contributed by atoms with E-state index in [1.54, 1.807) is 0 Å². The number of aryl methyl sites for hydroxylation is 1. The number of rotatable bonds is 9. The summed E-state index contributed by atoms with van der Waals surface area (Å²) < 4.78 is 0. The predicted molar refractivity (Wildman–Crippen MR) is 93.8 cm³/mol. The quantitative estimate of drug-likeness (QED) is 0.718. The summed E-state index contributed by atoms with van der Waals surface area (Å²) in [5.74, 6) is 0. The van der Waals surface area contributed by atoms with Crippen LogP contribution in [0.25, 0.3) is 0 Å². The van der Waals surface area contributed by atoms with Crippen LogP contribution in [0.2, 0.25) is 0 Å². The van der Waals surface area contributed by atoms with Gasteiger partial charge in [-0.1, -0.05) is 50.1 Å². The molecule has 2 nitrogen and oxygen atoms in total. The largest absolute Gasteiger partial charge is 0.312 e. The molecule has 0 spiro atoms. The fourth-order valence-corrected chi connectivity index (χ4v) is 3.05. The second kappa shape index (κ2) is 9.22. The van der Waals surface area contributed by atoms with Gasteiger partial charge in [0.05, 0.1) is 0 Å². The average molecular weight is 290 g/mol. The Morgan fingerprint density at radius 1 is 1.10 bits per heavy atom. The zero-order valence-corrected chi connectivity index (χ0v) is 14.8. The van der Waals surface area contributed by atoms with Crippen molar-refractivity contribution in [2.24, 2.45) is 0 Å². The molecule has 0 saturated heterocycles. The second-order valence-corrected chi connectivity index (χ2v) is 6.27. The Hall–Kier alpha value is -0.860.